The molecule has 0 heterocycles. The number of unbranched alkanes of at least 4 members (excludes halogenated alkanes) is 5. The van der Waals surface area contributed by atoms with Crippen molar-refractivity contribution in [3.63, 3.8) is 0 Å². The molecule has 0 saturated heterocycles. The van der Waals surface area contributed by atoms with Crippen molar-refractivity contribution in [1.82, 2.24) is 0 Å². The smallest absolute Gasteiger partial charge is 0.429 e. The zero-order valence-electron chi connectivity index (χ0n) is 12.1. The maximum atomic E-state index is 12.3. The van der Waals surface area contributed by atoms with Gasteiger partial charge in [0.15, 0.2) is 6.67 Å². The molecule has 0 fully saturated rings. The summed E-state index contributed by atoms with van der Waals surface area (Å²) < 4.78 is 44.6. The van der Waals surface area contributed by atoms with Crippen molar-refractivity contribution in [3.05, 3.63) is 12.2 Å². The lowest BCUT2D eigenvalue weighted by Crippen LogP contribution is -2.26. The number of rotatable bonds is 11. The van der Waals surface area contributed by atoms with Crippen LogP contribution in [0.4, 0.5) is 13.2 Å². The fourth-order valence-electron chi connectivity index (χ4n) is 1.45. The average Bonchev–Trinajstić information content (AvgIpc) is 2.44. The highest BCUT2D eigenvalue weighted by Gasteiger charge is 2.33. The van der Waals surface area contributed by atoms with Gasteiger partial charge in [-0.3, -0.25) is 0 Å². The lowest BCUT2D eigenvalue weighted by atomic mass is 10.1. The summed E-state index contributed by atoms with van der Waals surface area (Å²) in [5.41, 5.74) is 0. The van der Waals surface area contributed by atoms with E-state index in [1.807, 2.05) is 0 Å². The van der Waals surface area contributed by atoms with E-state index in [0.717, 1.165) is 25.7 Å². The van der Waals surface area contributed by atoms with Gasteiger partial charge in [0.2, 0.25) is 0 Å². The lowest BCUT2D eigenvalue weighted by molar-refractivity contribution is -0.234. The molecule has 0 aromatic heterocycles. The highest BCUT2D eigenvalue weighted by atomic mass is 19.3. The minimum absolute atomic E-state index is 0.199. The Morgan fingerprint density at radius 1 is 1.00 bits per heavy atom. The van der Waals surface area contributed by atoms with E-state index < -0.39 is 24.7 Å². The lowest BCUT2D eigenvalue weighted by Gasteiger charge is -2.10. The van der Waals surface area contributed by atoms with Crippen LogP contribution in [-0.4, -0.2) is 31.3 Å². The van der Waals surface area contributed by atoms with Crippen molar-refractivity contribution in [2.75, 3.05) is 13.3 Å². The van der Waals surface area contributed by atoms with Crippen molar-refractivity contribution in [2.45, 2.75) is 51.6 Å². The quantitative estimate of drug-likeness (QED) is 0.333. The van der Waals surface area contributed by atoms with Crippen molar-refractivity contribution >= 4 is 11.9 Å². The van der Waals surface area contributed by atoms with Gasteiger partial charge in [0.1, 0.15) is 0 Å². The number of carbonyl (C=O) groups is 2. The van der Waals surface area contributed by atoms with Crippen molar-refractivity contribution in [2.24, 2.45) is 0 Å². The molecule has 0 amide bonds. The number of hydrogen-bond acceptors (Lipinski definition) is 4. The SMILES string of the molecule is CCCCCCCCOC(=O)/C=C/C(=O)OC(F)(F)CF. The second kappa shape index (κ2) is 11.2. The molecule has 7 heteroatoms. The van der Waals surface area contributed by atoms with Gasteiger partial charge in [-0.1, -0.05) is 39.0 Å². The molecule has 0 aliphatic heterocycles. The van der Waals surface area contributed by atoms with E-state index in [0.29, 0.717) is 18.6 Å². The van der Waals surface area contributed by atoms with Gasteiger partial charge < -0.3 is 9.47 Å². The molecule has 0 aliphatic carbocycles. The fourth-order valence-corrected chi connectivity index (χ4v) is 1.45. The Kier molecular flexibility index (Phi) is 10.4. The van der Waals surface area contributed by atoms with Crippen molar-refractivity contribution in [3.8, 4) is 0 Å². The Hall–Kier alpha value is -1.53. The Bertz CT molecular complexity index is 343. The number of carbonyl (C=O) groups excluding carboxylic acids is 2. The molecular formula is C14H21F3O4. The van der Waals surface area contributed by atoms with E-state index in [2.05, 4.69) is 11.7 Å². The number of ether oxygens (including phenoxy) is 2. The van der Waals surface area contributed by atoms with Gasteiger partial charge in [0.25, 0.3) is 0 Å². The molecule has 0 aromatic carbocycles. The minimum atomic E-state index is -4.18. The molecule has 122 valence electrons. The molecule has 0 aromatic rings. The second-order valence-electron chi connectivity index (χ2n) is 4.46. The van der Waals surface area contributed by atoms with Crippen LogP contribution >= 0.6 is 0 Å². The van der Waals surface area contributed by atoms with Gasteiger partial charge in [-0.25, -0.2) is 14.0 Å². The highest BCUT2D eigenvalue weighted by molar-refractivity contribution is 5.91. The Labute approximate surface area is 122 Å². The van der Waals surface area contributed by atoms with E-state index in [1.54, 1.807) is 0 Å². The summed E-state index contributed by atoms with van der Waals surface area (Å²) >= 11 is 0. The molecule has 0 unspecified atom stereocenters. The third-order valence-corrected chi connectivity index (χ3v) is 2.50. The van der Waals surface area contributed by atoms with Crippen LogP contribution in [0, 0.1) is 0 Å². The van der Waals surface area contributed by atoms with Crippen LogP contribution < -0.4 is 0 Å². The van der Waals surface area contributed by atoms with Crippen LogP contribution in [0.3, 0.4) is 0 Å². The van der Waals surface area contributed by atoms with Crippen LogP contribution in [0.15, 0.2) is 12.2 Å². The maximum absolute atomic E-state index is 12.3. The topological polar surface area (TPSA) is 52.6 Å². The first-order chi connectivity index (χ1) is 9.91. The molecule has 0 bridgehead atoms. The number of hydrogen-bond donors (Lipinski definition) is 0. The first-order valence-electron chi connectivity index (χ1n) is 6.93. The van der Waals surface area contributed by atoms with Gasteiger partial charge in [0.05, 0.1) is 6.61 Å². The standard InChI is InChI=1S/C14H21F3O4/c1-2-3-4-5-6-7-10-20-12(18)8-9-13(19)21-14(16,17)11-15/h8-9H,2-7,10-11H2,1H3/b9-8+. The van der Waals surface area contributed by atoms with Gasteiger partial charge in [0, 0.05) is 12.2 Å². The zero-order valence-corrected chi connectivity index (χ0v) is 12.1. The monoisotopic (exact) mass is 310 g/mol. The van der Waals surface area contributed by atoms with Gasteiger partial charge >= 0.3 is 18.0 Å². The average molecular weight is 310 g/mol. The molecule has 0 atom stereocenters. The molecule has 0 spiro atoms. The molecule has 0 N–H and O–H groups in total. The van der Waals surface area contributed by atoms with Crippen molar-refractivity contribution in [1.29, 1.82) is 0 Å². The fraction of sp³-hybridized carbons (Fsp3) is 0.714. The predicted octanol–water partition coefficient (Wildman–Crippen LogP) is 3.55. The molecule has 21 heavy (non-hydrogen) atoms. The van der Waals surface area contributed by atoms with E-state index in [-0.39, 0.29) is 6.61 Å². The summed E-state index contributed by atoms with van der Waals surface area (Å²) in [6.07, 6.45) is 3.14. The highest BCUT2D eigenvalue weighted by Crippen LogP contribution is 2.15. The largest absolute Gasteiger partial charge is 0.463 e. The first-order valence-corrected chi connectivity index (χ1v) is 6.93. The van der Waals surface area contributed by atoms with Crippen LogP contribution in [0.25, 0.3) is 0 Å². The van der Waals surface area contributed by atoms with E-state index in [4.69, 9.17) is 4.74 Å². The number of alkyl halides is 3. The Balaban J connectivity index is 3.74. The third-order valence-electron chi connectivity index (χ3n) is 2.50. The molecule has 0 radical (unpaired) electrons. The van der Waals surface area contributed by atoms with Crippen LogP contribution in [0.5, 0.6) is 0 Å². The van der Waals surface area contributed by atoms with E-state index in [1.165, 1.54) is 6.42 Å². The predicted molar refractivity (Wildman–Crippen MR) is 70.5 cm³/mol. The summed E-state index contributed by atoms with van der Waals surface area (Å²) in [5.74, 6) is -2.33. The van der Waals surface area contributed by atoms with Gasteiger partial charge in [-0.05, 0) is 6.42 Å². The van der Waals surface area contributed by atoms with E-state index >= 15 is 0 Å². The maximum Gasteiger partial charge on any atom is 0.429 e. The molecule has 0 aliphatic rings. The van der Waals surface area contributed by atoms with Crippen LogP contribution in [0.2, 0.25) is 0 Å². The van der Waals surface area contributed by atoms with Gasteiger partial charge in [-0.2, -0.15) is 8.78 Å². The molecule has 0 rings (SSSR count). The van der Waals surface area contributed by atoms with Crippen LogP contribution in [-0.2, 0) is 19.1 Å². The van der Waals surface area contributed by atoms with Crippen molar-refractivity contribution < 1.29 is 32.2 Å². The summed E-state index contributed by atoms with van der Waals surface area (Å²) in [5, 5.41) is 0. The first kappa shape index (κ1) is 19.5. The Morgan fingerprint density at radius 2 is 1.57 bits per heavy atom. The van der Waals surface area contributed by atoms with E-state index in [9.17, 15) is 22.8 Å². The number of esters is 2. The third kappa shape index (κ3) is 12.0. The van der Waals surface area contributed by atoms with Gasteiger partial charge in [-0.15, -0.1) is 0 Å². The molecular weight excluding hydrogens is 289 g/mol. The second-order valence-corrected chi connectivity index (χ2v) is 4.46. The Morgan fingerprint density at radius 3 is 2.19 bits per heavy atom. The minimum Gasteiger partial charge on any atom is -0.463 e. The summed E-state index contributed by atoms with van der Waals surface area (Å²) in [4.78, 5) is 22.0. The zero-order chi connectivity index (χ0) is 16.1. The molecule has 0 saturated carbocycles. The van der Waals surface area contributed by atoms with Crippen LogP contribution in [0.1, 0.15) is 45.4 Å². The summed E-state index contributed by atoms with van der Waals surface area (Å²) in [6, 6.07) is 0. The molecule has 4 nitrogen and oxygen atoms in total. The number of halogens is 3. The normalized spacial score (nSPS) is 11.6. The summed E-state index contributed by atoms with van der Waals surface area (Å²) in [6.45, 7) is 0.197. The summed E-state index contributed by atoms with van der Waals surface area (Å²) in [7, 11) is 0.